The van der Waals surface area contributed by atoms with Crippen LogP contribution in [0.25, 0.3) is 0 Å². The van der Waals surface area contributed by atoms with E-state index < -0.39 is 77.5 Å². The normalized spacial score (nSPS) is 24.8. The van der Waals surface area contributed by atoms with Gasteiger partial charge < -0.3 is 39.3 Å². The Morgan fingerprint density at radius 2 is 1.08 bits per heavy atom. The number of likely N-dealkylation sites (N-methyl/N-ethyl adjacent to an activating group) is 2. The fraction of sp³-hybridized carbons (Fsp3) is 0.562. The number of carbonyl (C=O) groups is 4. The summed E-state index contributed by atoms with van der Waals surface area (Å²) in [4.78, 5) is 64.7. The van der Waals surface area contributed by atoms with Crippen molar-refractivity contribution in [3.05, 3.63) is 64.6 Å². The number of aliphatic hydroxyl groups excluding tert-OH is 4. The van der Waals surface area contributed by atoms with Crippen molar-refractivity contribution in [2.24, 2.45) is 23.7 Å². The van der Waals surface area contributed by atoms with Crippen LogP contribution in [-0.2, 0) is 32.8 Å². The molecule has 0 radical (unpaired) electrons. The average Bonchev–Trinajstić information content (AvgIpc) is 4.16. The fourth-order valence-corrected chi connectivity index (χ4v) is 8.15. The number of nitrogens with zero attached hydrogens (tertiary/aromatic N) is 13. The zero-order valence-corrected chi connectivity index (χ0v) is 44.1. The number of halogens is 6. The largest absolute Gasteiger partial charge is 0.433 e. The van der Waals surface area contributed by atoms with Crippen LogP contribution in [0.15, 0.2) is 39.8 Å². The molecule has 8 heterocycles. The van der Waals surface area contributed by atoms with E-state index in [1.54, 1.807) is 34.6 Å². The number of carbonyl (C=O) groups excluding carboxylic acids is 4. The SMILES string of the molecule is CN1CC(O)N(c2cc(C(F)(F)F)ncn2)C1=O.C[C@@H]1C(=O)N(c2noc(C(C)(C)C)c2C#N)C(O)[C@H]1C.C[C@H]1C(=O)N(c2noc(C(C)(C)C)c2C#N)C(O)[C@@H]1C.C[C@H]1C(O)N(c2cc(C(F)(F)F)ccn2)C(=O)N1C. The van der Waals surface area contributed by atoms with Crippen molar-refractivity contribution in [3.8, 4) is 12.1 Å². The van der Waals surface area contributed by atoms with Gasteiger partial charge in [0.2, 0.25) is 11.8 Å². The van der Waals surface area contributed by atoms with E-state index in [4.69, 9.17) is 9.05 Å². The number of urea groups is 2. The lowest BCUT2D eigenvalue weighted by Gasteiger charge is -2.19. The number of pyridine rings is 1. The summed E-state index contributed by atoms with van der Waals surface area (Å²) in [5, 5.41) is 66.3. The third-order valence-electron chi connectivity index (χ3n) is 13.3. The highest BCUT2D eigenvalue weighted by Gasteiger charge is 2.48. The Balaban J connectivity index is 0.000000189. The maximum Gasteiger partial charge on any atom is 0.433 e. The third-order valence-corrected chi connectivity index (χ3v) is 13.3. The summed E-state index contributed by atoms with van der Waals surface area (Å²) in [5.74, 6) is -0.972. The molecule has 4 aromatic rings. The van der Waals surface area contributed by atoms with Crippen LogP contribution < -0.4 is 19.6 Å². The number of rotatable bonds is 4. The number of hydrogen-bond donors (Lipinski definition) is 4. The molecule has 0 bridgehead atoms. The molecule has 4 aliphatic heterocycles. The van der Waals surface area contributed by atoms with E-state index in [2.05, 4.69) is 25.3 Å². The standard InChI is InChI=1S/2C14H19N3O3.C11H12F3N3O2.C9H9F3N4O2/c2*1-7-8(2)13(19)17(12(7)18)11-9(6-15)10(20-16-11)14(3,4)5;1-6-9(18)17(10(19)16(6)2)8-5-7(3-4-15-8)11(12,13)14;1-15-3-7(17)16(8(15)18)6-2-5(9(10,11)12)13-4-14-6/h2*7-8,12,18H,1-5H3;3-6,9,18H,1-2H3;2,4,7,17H,3H2,1H3/t2*7-,8-,12?;6-,9?;/m100./s1. The number of aliphatic hydroxyl groups is 4. The molecule has 4 N–H and O–H groups in total. The topological polar surface area (TPSA) is 307 Å². The zero-order valence-electron chi connectivity index (χ0n) is 44.1. The second-order valence-corrected chi connectivity index (χ2v) is 20.8. The summed E-state index contributed by atoms with van der Waals surface area (Å²) >= 11 is 0. The Morgan fingerprint density at radius 1 is 0.623 bits per heavy atom. The van der Waals surface area contributed by atoms with Crippen LogP contribution in [-0.4, -0.2) is 131 Å². The predicted molar refractivity (Wildman–Crippen MR) is 257 cm³/mol. The first kappa shape index (κ1) is 60.4. The van der Waals surface area contributed by atoms with Gasteiger partial charge in [0.1, 0.15) is 59.4 Å². The monoisotopic (exact) mass is 1090 g/mol. The van der Waals surface area contributed by atoms with Gasteiger partial charge in [-0.2, -0.15) is 36.9 Å². The molecule has 4 fully saturated rings. The Labute approximate surface area is 437 Å². The van der Waals surface area contributed by atoms with Gasteiger partial charge in [0.15, 0.2) is 35.6 Å². The van der Waals surface area contributed by atoms with Crippen molar-refractivity contribution in [1.29, 1.82) is 10.5 Å². The fourth-order valence-electron chi connectivity index (χ4n) is 8.15. The van der Waals surface area contributed by atoms with Gasteiger partial charge in [0.25, 0.3) is 0 Å². The number of nitriles is 2. The lowest BCUT2D eigenvalue weighted by Crippen LogP contribution is -2.36. The number of anilines is 4. The van der Waals surface area contributed by atoms with Crippen molar-refractivity contribution < 1.29 is 75.0 Å². The molecule has 418 valence electrons. The summed E-state index contributed by atoms with van der Waals surface area (Å²) in [7, 11) is 2.89. The van der Waals surface area contributed by atoms with Crippen molar-refractivity contribution in [3.63, 3.8) is 0 Å². The predicted octanol–water partition coefficient (Wildman–Crippen LogP) is 5.93. The lowest BCUT2D eigenvalue weighted by atomic mass is 9.90. The van der Waals surface area contributed by atoms with Gasteiger partial charge in [0, 0.05) is 60.9 Å². The molecule has 6 amide bonds. The molecule has 0 saturated carbocycles. The summed E-state index contributed by atoms with van der Waals surface area (Å²) in [6, 6.07) is 4.52. The molecule has 77 heavy (non-hydrogen) atoms. The number of aromatic nitrogens is 5. The summed E-state index contributed by atoms with van der Waals surface area (Å²) in [6.45, 7) is 20.1. The minimum absolute atomic E-state index is 0.00415. The van der Waals surface area contributed by atoms with E-state index in [1.165, 1.54) is 33.7 Å². The highest BCUT2D eigenvalue weighted by molar-refractivity contribution is 5.99. The van der Waals surface area contributed by atoms with E-state index in [0.717, 1.165) is 28.1 Å². The average molecular weight is 1090 g/mol. The summed E-state index contributed by atoms with van der Waals surface area (Å²) in [6.07, 6.45) is -11.9. The summed E-state index contributed by atoms with van der Waals surface area (Å²) < 4.78 is 85.7. The summed E-state index contributed by atoms with van der Waals surface area (Å²) in [5.41, 5.74) is -2.46. The van der Waals surface area contributed by atoms with E-state index in [9.17, 15) is 76.5 Å². The van der Waals surface area contributed by atoms with Gasteiger partial charge in [-0.05, 0) is 19.1 Å². The Hall–Kier alpha value is -7.47. The quantitative estimate of drug-likeness (QED) is 0.172. The van der Waals surface area contributed by atoms with Crippen LogP contribution in [0, 0.1) is 46.3 Å². The molecule has 0 spiro atoms. The molecule has 0 aromatic carbocycles. The Bertz CT molecular complexity index is 2820. The first-order valence-electron chi connectivity index (χ1n) is 23.6. The number of hydrogen-bond acceptors (Lipinski definition) is 17. The van der Waals surface area contributed by atoms with Gasteiger partial charge in [-0.1, -0.05) is 79.6 Å². The van der Waals surface area contributed by atoms with E-state index >= 15 is 0 Å². The molecular weight excluding hydrogens is 1030 g/mol. The van der Waals surface area contributed by atoms with Crippen LogP contribution in [0.2, 0.25) is 0 Å². The number of amides is 6. The second-order valence-electron chi connectivity index (χ2n) is 20.8. The lowest BCUT2D eigenvalue weighted by molar-refractivity contribution is -0.141. The smallest absolute Gasteiger partial charge is 0.373 e. The Morgan fingerprint density at radius 3 is 1.42 bits per heavy atom. The first-order valence-corrected chi connectivity index (χ1v) is 23.6. The van der Waals surface area contributed by atoms with Crippen LogP contribution in [0.4, 0.5) is 59.2 Å². The number of alkyl halides is 6. The van der Waals surface area contributed by atoms with Gasteiger partial charge in [0.05, 0.1) is 18.2 Å². The van der Waals surface area contributed by atoms with Crippen molar-refractivity contribution in [2.45, 2.75) is 130 Å². The molecule has 0 aliphatic carbocycles. The van der Waals surface area contributed by atoms with Crippen LogP contribution in [0.5, 0.6) is 0 Å². The third kappa shape index (κ3) is 12.1. The maximum absolute atomic E-state index is 12.6. The van der Waals surface area contributed by atoms with E-state index in [0.29, 0.717) is 23.9 Å². The zero-order chi connectivity index (χ0) is 58.3. The first-order chi connectivity index (χ1) is 35.4. The molecule has 9 atom stereocenters. The molecule has 4 aromatic heterocycles. The maximum atomic E-state index is 12.6. The molecular formula is C48H59F6N13O10. The minimum Gasteiger partial charge on any atom is -0.373 e. The van der Waals surface area contributed by atoms with E-state index in [-0.39, 0.29) is 76.4 Å². The molecule has 8 rings (SSSR count). The van der Waals surface area contributed by atoms with Crippen molar-refractivity contribution in [2.75, 3.05) is 40.2 Å². The van der Waals surface area contributed by atoms with Crippen molar-refractivity contribution in [1.82, 2.24) is 35.1 Å². The molecule has 29 heteroatoms. The van der Waals surface area contributed by atoms with Gasteiger partial charge in [-0.25, -0.2) is 34.3 Å². The highest BCUT2D eigenvalue weighted by Crippen LogP contribution is 2.40. The van der Waals surface area contributed by atoms with Crippen LogP contribution in [0.1, 0.15) is 110 Å². The van der Waals surface area contributed by atoms with Crippen molar-refractivity contribution >= 4 is 47.1 Å². The second kappa shape index (κ2) is 22.2. The van der Waals surface area contributed by atoms with Gasteiger partial charge >= 0.3 is 24.4 Å². The van der Waals surface area contributed by atoms with Gasteiger partial charge in [-0.15, -0.1) is 0 Å². The van der Waals surface area contributed by atoms with Gasteiger partial charge in [-0.3, -0.25) is 19.4 Å². The number of β-amino-alcohol motifs (C(OH)–C–C–N with tert-alkyl or cyclic N) is 1. The van der Waals surface area contributed by atoms with Crippen LogP contribution in [0.3, 0.4) is 0 Å². The molecule has 4 unspecified atom stereocenters. The minimum atomic E-state index is -4.63. The van der Waals surface area contributed by atoms with Crippen LogP contribution >= 0.6 is 0 Å². The molecule has 4 aliphatic rings. The Kier molecular flexibility index (Phi) is 17.4. The molecule has 4 saturated heterocycles. The highest BCUT2D eigenvalue weighted by atomic mass is 19.4. The molecule has 23 nitrogen and oxygen atoms in total. The van der Waals surface area contributed by atoms with E-state index in [1.807, 2.05) is 53.7 Å².